The first-order valence-corrected chi connectivity index (χ1v) is 16.9. The summed E-state index contributed by atoms with van der Waals surface area (Å²) in [6.07, 6.45) is 20.2. The Bertz CT molecular complexity index is 888. The summed E-state index contributed by atoms with van der Waals surface area (Å²) in [4.78, 5) is 19.4. The number of hydrogen-bond acceptors (Lipinski definition) is 5. The van der Waals surface area contributed by atoms with Crippen LogP contribution in [0.15, 0.2) is 52.9 Å². The summed E-state index contributed by atoms with van der Waals surface area (Å²) in [6.45, 7) is 24.3. The second-order valence-electron chi connectivity index (χ2n) is 12.3. The van der Waals surface area contributed by atoms with E-state index < -0.39 is 0 Å². The minimum absolute atomic E-state index is 0.0386. The van der Waals surface area contributed by atoms with Gasteiger partial charge in [0, 0.05) is 37.3 Å². The maximum Gasteiger partial charge on any atom is 0.228 e. The maximum atomic E-state index is 12.8. The summed E-state index contributed by atoms with van der Waals surface area (Å²) in [5, 5.41) is 3.63. The van der Waals surface area contributed by atoms with E-state index in [4.69, 9.17) is 9.47 Å². The van der Waals surface area contributed by atoms with Crippen LogP contribution in [0.25, 0.3) is 0 Å². The molecule has 0 aliphatic carbocycles. The van der Waals surface area contributed by atoms with Crippen LogP contribution in [0.1, 0.15) is 114 Å². The minimum Gasteiger partial charge on any atom is -0.481 e. The van der Waals surface area contributed by atoms with Gasteiger partial charge in [-0.2, -0.15) is 0 Å². The molecule has 0 aliphatic rings. The van der Waals surface area contributed by atoms with E-state index in [1.807, 2.05) is 37.8 Å². The van der Waals surface area contributed by atoms with Gasteiger partial charge in [-0.15, -0.1) is 0 Å². The highest BCUT2D eigenvalue weighted by Crippen LogP contribution is 2.23. The van der Waals surface area contributed by atoms with Crippen LogP contribution in [0.4, 0.5) is 0 Å². The summed E-state index contributed by atoms with van der Waals surface area (Å²) in [6, 6.07) is -0.0386. The van der Waals surface area contributed by atoms with Crippen LogP contribution in [0.5, 0.6) is 0 Å². The van der Waals surface area contributed by atoms with E-state index in [9.17, 15) is 4.79 Å². The molecule has 0 aromatic heterocycles. The van der Waals surface area contributed by atoms with Crippen molar-refractivity contribution in [1.29, 1.82) is 0 Å². The van der Waals surface area contributed by atoms with Gasteiger partial charge >= 0.3 is 0 Å². The Morgan fingerprint density at radius 3 is 2.28 bits per heavy atom. The first-order chi connectivity index (χ1) is 20.5. The molecule has 0 saturated heterocycles. The molecule has 0 rings (SSSR count). The van der Waals surface area contributed by atoms with Crippen LogP contribution < -0.4 is 5.32 Å². The van der Waals surface area contributed by atoms with E-state index >= 15 is 0 Å². The van der Waals surface area contributed by atoms with Gasteiger partial charge in [-0.25, -0.2) is 4.99 Å². The first kappa shape index (κ1) is 40.8. The van der Waals surface area contributed by atoms with Crippen LogP contribution in [-0.2, 0) is 14.3 Å². The van der Waals surface area contributed by atoms with Crippen LogP contribution in [0, 0.1) is 17.8 Å². The molecule has 1 amide bonds. The average molecular weight is 602 g/mol. The molecule has 2 unspecified atom stereocenters. The molecule has 6 heteroatoms. The number of ether oxygens (including phenoxy) is 2. The lowest BCUT2D eigenvalue weighted by atomic mass is 9.92. The number of methoxy groups -OCH3 is 1. The van der Waals surface area contributed by atoms with Gasteiger partial charge in [0.15, 0.2) is 0 Å². The third kappa shape index (κ3) is 19.7. The second-order valence-corrected chi connectivity index (χ2v) is 12.3. The van der Waals surface area contributed by atoms with Crippen molar-refractivity contribution in [2.45, 2.75) is 126 Å². The summed E-state index contributed by atoms with van der Waals surface area (Å²) < 4.78 is 12.2. The summed E-state index contributed by atoms with van der Waals surface area (Å²) in [5.41, 5.74) is 2.04. The molecule has 0 aromatic rings. The molecule has 0 saturated carbocycles. The summed E-state index contributed by atoms with van der Waals surface area (Å²) in [7, 11) is 1.63. The molecule has 0 heterocycles. The highest BCUT2D eigenvalue weighted by Gasteiger charge is 2.20. The number of hydrogen-bond donors (Lipinski definition) is 1. The topological polar surface area (TPSA) is 63.2 Å². The van der Waals surface area contributed by atoms with Crippen molar-refractivity contribution >= 4 is 11.6 Å². The van der Waals surface area contributed by atoms with Crippen molar-refractivity contribution in [2.75, 3.05) is 33.4 Å². The lowest BCUT2D eigenvalue weighted by Crippen LogP contribution is -2.34. The van der Waals surface area contributed by atoms with Gasteiger partial charge < -0.3 is 19.7 Å². The van der Waals surface area contributed by atoms with Crippen LogP contribution in [-0.4, -0.2) is 62.0 Å². The molecular formula is C37H67N3O3. The Morgan fingerprint density at radius 2 is 1.72 bits per heavy atom. The zero-order valence-electron chi connectivity index (χ0n) is 29.7. The summed E-state index contributed by atoms with van der Waals surface area (Å²) in [5.74, 6) is 1.97. The van der Waals surface area contributed by atoms with E-state index in [0.717, 1.165) is 44.5 Å². The summed E-state index contributed by atoms with van der Waals surface area (Å²) >= 11 is 0. The molecule has 248 valence electrons. The van der Waals surface area contributed by atoms with Crippen molar-refractivity contribution < 1.29 is 14.3 Å². The Morgan fingerprint density at radius 1 is 1.00 bits per heavy atom. The number of allylic oxidation sites excluding steroid dienone is 4. The molecule has 43 heavy (non-hydrogen) atoms. The van der Waals surface area contributed by atoms with Crippen molar-refractivity contribution in [2.24, 2.45) is 22.7 Å². The zero-order valence-corrected chi connectivity index (χ0v) is 29.7. The molecule has 1 N–H and O–H groups in total. The number of carbonyl (C=O) groups excluding carboxylic acids is 1. The van der Waals surface area contributed by atoms with Gasteiger partial charge in [-0.05, 0) is 71.8 Å². The van der Waals surface area contributed by atoms with Crippen molar-refractivity contribution in [3.05, 3.63) is 47.9 Å². The number of amides is 1. The lowest BCUT2D eigenvalue weighted by molar-refractivity contribution is -0.129. The van der Waals surface area contributed by atoms with Gasteiger partial charge in [-0.1, -0.05) is 89.8 Å². The molecule has 6 nitrogen and oxygen atoms in total. The van der Waals surface area contributed by atoms with Crippen molar-refractivity contribution in [3.63, 3.8) is 0 Å². The fourth-order valence-corrected chi connectivity index (χ4v) is 4.75. The number of nitrogens with zero attached hydrogens (tertiary/aromatic N) is 2. The third-order valence-electron chi connectivity index (χ3n) is 7.65. The first-order valence-electron chi connectivity index (χ1n) is 16.9. The van der Waals surface area contributed by atoms with E-state index in [1.54, 1.807) is 7.11 Å². The zero-order chi connectivity index (χ0) is 32.6. The monoisotopic (exact) mass is 602 g/mol. The molecule has 0 aromatic carbocycles. The molecule has 0 radical (unpaired) electrons. The molecule has 0 aliphatic heterocycles. The molecular weight excluding hydrogens is 534 g/mol. The average Bonchev–Trinajstić information content (AvgIpc) is 2.97. The smallest absolute Gasteiger partial charge is 0.228 e. The number of rotatable bonds is 24. The Hall–Kier alpha value is -2.18. The van der Waals surface area contributed by atoms with Crippen LogP contribution in [0.2, 0.25) is 0 Å². The minimum atomic E-state index is -0.0386. The van der Waals surface area contributed by atoms with Gasteiger partial charge in [0.05, 0.1) is 26.2 Å². The quantitative estimate of drug-likeness (QED) is 0.0519. The highest BCUT2D eigenvalue weighted by atomic mass is 16.5. The number of nitrogens with one attached hydrogen (secondary N) is 1. The Labute approximate surface area is 266 Å². The predicted octanol–water partition coefficient (Wildman–Crippen LogP) is 8.90. The second kappa shape index (κ2) is 25.2. The fraction of sp³-hybridized carbons (Fsp3) is 0.730. The van der Waals surface area contributed by atoms with Gasteiger partial charge in [0.1, 0.15) is 0 Å². The van der Waals surface area contributed by atoms with Gasteiger partial charge in [0.25, 0.3) is 0 Å². The Balaban J connectivity index is 5.36. The van der Waals surface area contributed by atoms with E-state index in [-0.39, 0.29) is 18.1 Å². The molecule has 0 fully saturated rings. The fourth-order valence-electron chi connectivity index (χ4n) is 4.75. The van der Waals surface area contributed by atoms with Crippen LogP contribution in [0.3, 0.4) is 0 Å². The standard InChI is InChI=1S/C37H67N3O3/c1-12-17-20-35(33(18-13-2)22-21-30(8)15-4)43-28-31(9)27-38-34(19-14-3)26-36(42-11)39-32(10)25-37(41)40(16-5)24-23-29(6)7/h14-15,19,21-22,26,29,31,33-35,38H,12-13,16-18,20,23-25,27-28H2,1-11H3/b19-14?,22-21-,30-15-,36-26+,39-32+/t31-,33+,34?,35?/m1/s1. The van der Waals surface area contributed by atoms with Crippen molar-refractivity contribution in [3.8, 4) is 0 Å². The van der Waals surface area contributed by atoms with E-state index in [0.29, 0.717) is 43.2 Å². The third-order valence-corrected chi connectivity index (χ3v) is 7.65. The SMILES string of the molecule is CC=CC(/C=C(\N=C(/C)CC(=O)N(CC)CCC(C)C)OC)NC[C@@H](C)COC(CCCC)[C@H](/C=C\C(C)=C/C)CCC. The Kier molecular flexibility index (Phi) is 23.9. The van der Waals surface area contributed by atoms with Crippen molar-refractivity contribution in [1.82, 2.24) is 10.2 Å². The van der Waals surface area contributed by atoms with E-state index in [2.05, 4.69) is 83.1 Å². The molecule has 4 atom stereocenters. The predicted molar refractivity (Wildman–Crippen MR) is 187 cm³/mol. The number of aliphatic imine (C=N–C) groups is 1. The number of unbranched alkanes of at least 4 members (excludes halogenated alkanes) is 1. The normalized spacial score (nSPS) is 16.2. The number of carbonyl (C=O) groups is 1. The lowest BCUT2D eigenvalue weighted by Gasteiger charge is -2.27. The van der Waals surface area contributed by atoms with Crippen LogP contribution >= 0.6 is 0 Å². The largest absolute Gasteiger partial charge is 0.481 e. The van der Waals surface area contributed by atoms with Gasteiger partial charge in [0.2, 0.25) is 11.8 Å². The van der Waals surface area contributed by atoms with Gasteiger partial charge in [-0.3, -0.25) is 4.79 Å². The maximum absolute atomic E-state index is 12.8. The molecule has 0 bridgehead atoms. The molecule has 0 spiro atoms. The van der Waals surface area contributed by atoms with E-state index in [1.165, 1.54) is 18.4 Å². The highest BCUT2D eigenvalue weighted by molar-refractivity contribution is 6.00.